The first kappa shape index (κ1) is 29.2. The van der Waals surface area contributed by atoms with Crippen LogP contribution in [-0.4, -0.2) is 56.1 Å². The highest BCUT2D eigenvalue weighted by atomic mass is 32.2. The molecule has 9 atom stereocenters. The van der Waals surface area contributed by atoms with Crippen LogP contribution in [0.25, 0.3) is 11.0 Å². The van der Waals surface area contributed by atoms with Crippen molar-refractivity contribution in [1.82, 2.24) is 9.55 Å². The van der Waals surface area contributed by atoms with Gasteiger partial charge in [-0.1, -0.05) is 68.7 Å². The van der Waals surface area contributed by atoms with Crippen molar-refractivity contribution < 1.29 is 24.2 Å². The fourth-order valence-corrected chi connectivity index (χ4v) is 11.6. The van der Waals surface area contributed by atoms with Crippen molar-refractivity contribution in [3.63, 3.8) is 0 Å². The highest BCUT2D eigenvalue weighted by Gasteiger charge is 2.76. The van der Waals surface area contributed by atoms with Gasteiger partial charge < -0.3 is 19.1 Å². The van der Waals surface area contributed by atoms with Gasteiger partial charge in [-0.25, -0.2) is 4.98 Å². The van der Waals surface area contributed by atoms with Gasteiger partial charge in [-0.3, -0.25) is 9.59 Å². The second-order valence-electron chi connectivity index (χ2n) is 14.8. The molecule has 1 N–H and O–H groups in total. The highest BCUT2D eigenvalue weighted by molar-refractivity contribution is 7.99. The lowest BCUT2D eigenvalue weighted by molar-refractivity contribution is -0.207. The van der Waals surface area contributed by atoms with E-state index in [9.17, 15) is 14.7 Å². The zero-order chi connectivity index (χ0) is 30.4. The number of rotatable bonds is 5. The summed E-state index contributed by atoms with van der Waals surface area (Å²) in [6, 6.07) is 8.05. The van der Waals surface area contributed by atoms with E-state index >= 15 is 0 Å². The van der Waals surface area contributed by atoms with Gasteiger partial charge in [0.2, 0.25) is 0 Å². The number of carbonyl (C=O) groups is 2. The number of imidazole rings is 1. The van der Waals surface area contributed by atoms with Crippen molar-refractivity contribution in [2.24, 2.45) is 41.5 Å². The first-order valence-electron chi connectivity index (χ1n) is 16.7. The van der Waals surface area contributed by atoms with Crippen molar-refractivity contribution in [1.29, 1.82) is 0 Å². The van der Waals surface area contributed by atoms with E-state index in [1.165, 1.54) is 31.0 Å². The molecule has 4 saturated carbocycles. The molecule has 44 heavy (non-hydrogen) atoms. The zero-order valence-electron chi connectivity index (χ0n) is 26.0. The number of aryl methyl sites for hydroxylation is 1. The number of fused-ring (bicyclic) bond motifs is 8. The van der Waals surface area contributed by atoms with E-state index in [0.29, 0.717) is 12.3 Å². The molecule has 8 heteroatoms. The van der Waals surface area contributed by atoms with Gasteiger partial charge in [-0.15, -0.1) is 0 Å². The molecular formula is C36H44N2O5S. The van der Waals surface area contributed by atoms with E-state index in [2.05, 4.69) is 24.5 Å². The Labute approximate surface area is 263 Å². The molecule has 0 spiro atoms. The van der Waals surface area contributed by atoms with Crippen molar-refractivity contribution in [2.45, 2.75) is 101 Å². The Hall–Kier alpha value is -2.26. The van der Waals surface area contributed by atoms with Crippen LogP contribution in [0.3, 0.4) is 0 Å². The molecule has 0 bridgehead atoms. The van der Waals surface area contributed by atoms with E-state index in [0.717, 1.165) is 53.9 Å². The molecule has 6 aliphatic rings. The van der Waals surface area contributed by atoms with Gasteiger partial charge in [0.25, 0.3) is 0 Å². The normalized spacial score (nSPS) is 41.6. The minimum atomic E-state index is -1.10. The highest BCUT2D eigenvalue weighted by Crippen LogP contribution is 2.70. The summed E-state index contributed by atoms with van der Waals surface area (Å²) in [5.41, 5.74) is 1.10. The quantitative estimate of drug-likeness (QED) is 0.401. The summed E-state index contributed by atoms with van der Waals surface area (Å²) >= 11 is 1.48. The van der Waals surface area contributed by atoms with Crippen LogP contribution >= 0.6 is 11.8 Å². The average molecular weight is 617 g/mol. The maximum Gasteiger partial charge on any atom is 0.178 e. The molecule has 6 unspecified atom stereocenters. The number of para-hydroxylation sites is 2. The summed E-state index contributed by atoms with van der Waals surface area (Å²) in [6.07, 6.45) is 13.0. The van der Waals surface area contributed by atoms with E-state index < -0.39 is 17.1 Å². The average Bonchev–Trinajstić information content (AvgIpc) is 3.64. The number of benzene rings is 1. The summed E-state index contributed by atoms with van der Waals surface area (Å²) in [4.78, 5) is 31.9. The molecule has 5 aliphatic carbocycles. The third kappa shape index (κ3) is 4.02. The second kappa shape index (κ2) is 10.4. The number of ketones is 2. The van der Waals surface area contributed by atoms with Crippen LogP contribution in [0, 0.1) is 34.5 Å². The predicted molar refractivity (Wildman–Crippen MR) is 169 cm³/mol. The number of carbonyl (C=O) groups excluding carboxylic acids is 2. The number of nitrogens with zero attached hydrogens (tertiary/aromatic N) is 2. The number of Topliss-reactive ketones (excluding diaryl/α,β-unsaturated/α-hetero) is 1. The Morgan fingerprint density at radius 1 is 1.16 bits per heavy atom. The summed E-state index contributed by atoms with van der Waals surface area (Å²) in [5, 5.41) is 12.9. The van der Waals surface area contributed by atoms with Crippen LogP contribution in [-0.2, 0) is 26.1 Å². The fourth-order valence-electron chi connectivity index (χ4n) is 10.7. The molecule has 5 fully saturated rings. The van der Waals surface area contributed by atoms with E-state index in [-0.39, 0.29) is 52.9 Å². The molecular weight excluding hydrogens is 572 g/mol. The predicted octanol–water partition coefficient (Wildman–Crippen LogP) is 6.18. The Bertz CT molecular complexity index is 1580. The van der Waals surface area contributed by atoms with Crippen molar-refractivity contribution in [2.75, 3.05) is 5.75 Å². The number of aliphatic hydroxyl groups is 1. The monoisotopic (exact) mass is 616 g/mol. The minimum Gasteiger partial charge on any atom is -0.393 e. The molecule has 234 valence electrons. The van der Waals surface area contributed by atoms with Gasteiger partial charge >= 0.3 is 0 Å². The van der Waals surface area contributed by atoms with Gasteiger partial charge in [0.15, 0.2) is 28.6 Å². The number of aromatic nitrogens is 2. The zero-order valence-corrected chi connectivity index (χ0v) is 26.9. The Morgan fingerprint density at radius 3 is 2.75 bits per heavy atom. The molecule has 2 heterocycles. The third-order valence-electron chi connectivity index (χ3n) is 12.8. The Balaban J connectivity index is 1.14. The number of hydrogen-bond acceptors (Lipinski definition) is 7. The van der Waals surface area contributed by atoms with Crippen LogP contribution in [0.2, 0.25) is 0 Å². The minimum absolute atomic E-state index is 0.000539. The molecule has 1 aromatic heterocycles. The maximum absolute atomic E-state index is 14.8. The molecule has 0 amide bonds. The lowest BCUT2D eigenvalue weighted by atomic mass is 9.46. The maximum atomic E-state index is 14.8. The largest absolute Gasteiger partial charge is 0.393 e. The van der Waals surface area contributed by atoms with Crippen LogP contribution in [0.1, 0.15) is 71.6 Å². The first-order valence-corrected chi connectivity index (χ1v) is 17.7. The molecule has 1 saturated heterocycles. The number of ether oxygens (including phenoxy) is 2. The summed E-state index contributed by atoms with van der Waals surface area (Å²) in [7, 11) is 2.00. The molecule has 1 aromatic carbocycles. The SMILES string of the molecule is Cn1c(SCC(=O)[C@@]23O[C@H](C4CCCCC4)O[C@@H]2CC2C4CCC5=CC(=O)C=CC5(C)C4C(O)CC23C)nc2ccccc21. The lowest BCUT2D eigenvalue weighted by Crippen LogP contribution is -2.63. The van der Waals surface area contributed by atoms with Crippen molar-refractivity contribution >= 4 is 34.4 Å². The van der Waals surface area contributed by atoms with Gasteiger partial charge in [-0.05, 0) is 74.6 Å². The van der Waals surface area contributed by atoms with Crippen molar-refractivity contribution in [3.05, 3.63) is 48.1 Å². The molecule has 7 nitrogen and oxygen atoms in total. The summed E-state index contributed by atoms with van der Waals surface area (Å²) in [6.45, 7) is 4.41. The van der Waals surface area contributed by atoms with Gasteiger partial charge in [0, 0.05) is 29.7 Å². The number of thioether (sulfide) groups is 1. The molecule has 2 aromatic rings. The molecule has 0 radical (unpaired) electrons. The van der Waals surface area contributed by atoms with Gasteiger partial charge in [-0.2, -0.15) is 0 Å². The fraction of sp³-hybridized carbons (Fsp3) is 0.639. The van der Waals surface area contributed by atoms with Crippen LogP contribution in [0.15, 0.2) is 53.2 Å². The third-order valence-corrected chi connectivity index (χ3v) is 13.8. The Kier molecular flexibility index (Phi) is 6.88. The number of hydrogen-bond donors (Lipinski definition) is 1. The van der Waals surface area contributed by atoms with Crippen molar-refractivity contribution in [3.8, 4) is 0 Å². The molecule has 8 rings (SSSR count). The van der Waals surface area contributed by atoms with Crippen LogP contribution in [0.4, 0.5) is 0 Å². The standard InChI is InChI=1S/C36H44N2O5S/c1-34-16-15-23(39)17-22(34)13-14-24-25-18-30-36(35(25,2)19-28(40)31(24)34,43-32(42-30)21-9-5-4-6-10-21)29(41)20-44-33-37-26-11-7-8-12-27(26)38(33)3/h7-8,11-12,15-17,21,24-25,28,30-32,40H,4-6,9-10,13-14,18-20H2,1-3H3/t24?,25?,28?,30-,31?,32-,34?,35?,36-/m1/s1. The molecule has 1 aliphatic heterocycles. The van der Waals surface area contributed by atoms with Crippen LogP contribution < -0.4 is 0 Å². The first-order chi connectivity index (χ1) is 21.2. The number of allylic oxidation sites excluding steroid dienone is 4. The van der Waals surface area contributed by atoms with E-state index in [1.807, 2.05) is 31.3 Å². The lowest BCUT2D eigenvalue weighted by Gasteiger charge is -2.59. The second-order valence-corrected chi connectivity index (χ2v) is 15.8. The summed E-state index contributed by atoms with van der Waals surface area (Å²) < 4.78 is 16.0. The van der Waals surface area contributed by atoms with E-state index in [1.54, 1.807) is 12.2 Å². The number of aliphatic hydroxyl groups excluding tert-OH is 1. The van der Waals surface area contributed by atoms with Gasteiger partial charge in [0.1, 0.15) is 0 Å². The van der Waals surface area contributed by atoms with Gasteiger partial charge in [0.05, 0.1) is 29.0 Å². The Morgan fingerprint density at radius 2 is 1.95 bits per heavy atom. The summed E-state index contributed by atoms with van der Waals surface area (Å²) in [5.74, 6) is 1.06. The van der Waals surface area contributed by atoms with E-state index in [4.69, 9.17) is 14.5 Å². The van der Waals surface area contributed by atoms with Crippen LogP contribution in [0.5, 0.6) is 0 Å². The topological polar surface area (TPSA) is 90.7 Å². The smallest absolute Gasteiger partial charge is 0.178 e.